The van der Waals surface area contributed by atoms with Gasteiger partial charge in [0.1, 0.15) is 16.9 Å². The van der Waals surface area contributed by atoms with E-state index in [2.05, 4.69) is 35.5 Å². The van der Waals surface area contributed by atoms with Crippen LogP contribution in [0.2, 0.25) is 0 Å². The molecule has 3 rings (SSSR count). The quantitative estimate of drug-likeness (QED) is 0.0218. The molecular formula is C43H58N8O15. The number of hydrogen-bond donors (Lipinski definition) is 2. The lowest BCUT2D eigenvalue weighted by Gasteiger charge is -2.19. The lowest BCUT2D eigenvalue weighted by atomic mass is 10.2. The molecule has 360 valence electrons. The Hall–Kier alpha value is -7.51. The molecule has 23 heteroatoms. The maximum atomic E-state index is 12.7. The highest BCUT2D eigenvalue weighted by Crippen LogP contribution is 2.18. The van der Waals surface area contributed by atoms with Crippen molar-refractivity contribution in [1.29, 1.82) is 0 Å². The maximum absolute atomic E-state index is 12.7. The van der Waals surface area contributed by atoms with Crippen LogP contribution >= 0.6 is 0 Å². The standard InChI is InChI=1S/C23H32N4O7.C20H26N4O8/c1-7-32-22(31)21-24-15(13-27(21)6)12-18(28)17-11-16(14-26(17)5)25-34-20(30)10-8-9-19(29)33-23(2,3)4;1-7-29-19(28)17(21-5)23-32-18(27)14-11-13(12-24(14)6)22-31-16(26)10-8-9-15(25)30-20(2,3)4/h11,13-14,25H,7-10,12H2,1-6H3;11-12,22H,7-10H2,1-4,6H3/b;23-17-. The van der Waals surface area contributed by atoms with Crippen molar-refractivity contribution in [1.82, 2.24) is 18.7 Å². The van der Waals surface area contributed by atoms with E-state index >= 15 is 0 Å². The van der Waals surface area contributed by atoms with Crippen molar-refractivity contribution in [3.8, 4) is 0 Å². The highest BCUT2D eigenvalue weighted by Gasteiger charge is 2.23. The van der Waals surface area contributed by atoms with Crippen LogP contribution in [0.5, 0.6) is 0 Å². The Bertz CT molecular complexity index is 2280. The first kappa shape index (κ1) is 54.6. The van der Waals surface area contributed by atoms with E-state index in [1.165, 1.54) is 28.4 Å². The van der Waals surface area contributed by atoms with Crippen LogP contribution in [0.1, 0.15) is 131 Å². The maximum Gasteiger partial charge on any atom is 0.407 e. The zero-order valence-electron chi connectivity index (χ0n) is 39.1. The zero-order chi connectivity index (χ0) is 49.8. The van der Waals surface area contributed by atoms with Crippen molar-refractivity contribution in [3.63, 3.8) is 0 Å². The number of oxime groups is 1. The second-order valence-corrected chi connectivity index (χ2v) is 16.1. The number of hydrogen-bond acceptors (Lipinski definition) is 19. The molecule has 0 amide bonds. The number of anilines is 2. The molecule has 0 aromatic carbocycles. The first-order valence-corrected chi connectivity index (χ1v) is 20.6. The van der Waals surface area contributed by atoms with E-state index in [9.17, 15) is 38.4 Å². The van der Waals surface area contributed by atoms with Crippen molar-refractivity contribution >= 4 is 64.8 Å². The number of nitrogens with zero attached hydrogens (tertiary/aromatic N) is 6. The van der Waals surface area contributed by atoms with Gasteiger partial charge in [0.2, 0.25) is 5.82 Å². The number of imidazole rings is 1. The number of esters is 4. The van der Waals surface area contributed by atoms with E-state index in [-0.39, 0.29) is 80.7 Å². The fourth-order valence-corrected chi connectivity index (χ4v) is 5.28. The van der Waals surface area contributed by atoms with Gasteiger partial charge in [0.25, 0.3) is 0 Å². The Labute approximate surface area is 381 Å². The highest BCUT2D eigenvalue weighted by molar-refractivity contribution is 6.39. The molecule has 0 saturated carbocycles. The van der Waals surface area contributed by atoms with Crippen LogP contribution in [0.15, 0.2) is 35.9 Å². The molecule has 0 radical (unpaired) electrons. The van der Waals surface area contributed by atoms with Crippen LogP contribution in [-0.2, 0) is 85.0 Å². The predicted molar refractivity (Wildman–Crippen MR) is 233 cm³/mol. The fourth-order valence-electron chi connectivity index (χ4n) is 5.28. The molecule has 3 aromatic rings. The van der Waals surface area contributed by atoms with E-state index in [0.717, 1.165) is 0 Å². The van der Waals surface area contributed by atoms with Gasteiger partial charge in [-0.1, -0.05) is 6.57 Å². The second kappa shape index (κ2) is 25.7. The van der Waals surface area contributed by atoms with Gasteiger partial charge in [0.05, 0.1) is 47.6 Å². The van der Waals surface area contributed by atoms with Crippen molar-refractivity contribution in [2.24, 2.45) is 26.3 Å². The highest BCUT2D eigenvalue weighted by atomic mass is 16.7. The smallest absolute Gasteiger partial charge is 0.407 e. The average Bonchev–Trinajstić information content (AvgIpc) is 3.90. The van der Waals surface area contributed by atoms with Crippen molar-refractivity contribution < 1.29 is 71.8 Å². The van der Waals surface area contributed by atoms with Crippen LogP contribution in [0.4, 0.5) is 11.4 Å². The van der Waals surface area contributed by atoms with Gasteiger partial charge in [0, 0.05) is 65.4 Å². The Morgan fingerprint density at radius 2 is 1.14 bits per heavy atom. The van der Waals surface area contributed by atoms with Gasteiger partial charge >= 0.3 is 47.6 Å². The van der Waals surface area contributed by atoms with Crippen LogP contribution < -0.4 is 11.0 Å². The summed E-state index contributed by atoms with van der Waals surface area (Å²) in [6.45, 7) is 21.0. The monoisotopic (exact) mass is 926 g/mol. The topological polar surface area (TPSA) is 270 Å². The lowest BCUT2D eigenvalue weighted by Crippen LogP contribution is -2.23. The number of amidine groups is 1. The number of carbonyl (C=O) groups is 8. The molecule has 0 aliphatic rings. The van der Waals surface area contributed by atoms with Crippen molar-refractivity contribution in [2.75, 3.05) is 24.2 Å². The molecular weight excluding hydrogens is 869 g/mol. The SMILES string of the molecule is CCOC(=O)c1nc(CC(=O)c2cc(NOC(=O)CCCC(=O)OC(C)(C)C)cn2C)cn1C.[C-]#[N+]/C(=N\OC(=O)c1cc(NOC(=O)CCCC(=O)OC(C)(C)C)cn1C)C(=O)OCC. The molecule has 0 aliphatic carbocycles. The molecule has 0 aliphatic heterocycles. The molecule has 0 spiro atoms. The number of ketones is 1. The normalized spacial score (nSPS) is 11.2. The molecule has 0 bridgehead atoms. The van der Waals surface area contributed by atoms with Gasteiger partial charge in [-0.15, -0.1) is 0 Å². The van der Waals surface area contributed by atoms with Gasteiger partial charge in [0.15, 0.2) is 5.78 Å². The van der Waals surface area contributed by atoms with Crippen molar-refractivity contribution in [2.45, 2.75) is 112 Å². The van der Waals surface area contributed by atoms with Gasteiger partial charge < -0.3 is 47.2 Å². The third-order valence-corrected chi connectivity index (χ3v) is 7.94. The summed E-state index contributed by atoms with van der Waals surface area (Å²) in [5.74, 6) is -5.28. The van der Waals surface area contributed by atoms with E-state index < -0.39 is 52.9 Å². The van der Waals surface area contributed by atoms with Gasteiger partial charge in [-0.3, -0.25) is 19.2 Å². The van der Waals surface area contributed by atoms with Crippen LogP contribution in [-0.4, -0.2) is 96.5 Å². The molecule has 0 saturated heterocycles. The van der Waals surface area contributed by atoms with Crippen LogP contribution in [0.25, 0.3) is 4.85 Å². The molecule has 2 N–H and O–H groups in total. The Kier molecular flexibility index (Phi) is 21.3. The molecule has 3 aromatic heterocycles. The number of aryl methyl sites for hydroxylation is 3. The molecule has 23 nitrogen and oxygen atoms in total. The van der Waals surface area contributed by atoms with Crippen LogP contribution in [0.3, 0.4) is 0 Å². The number of rotatable bonds is 20. The third-order valence-electron chi connectivity index (χ3n) is 7.94. The largest absolute Gasteiger partial charge is 0.470 e. The number of nitrogens with one attached hydrogen (secondary N) is 2. The lowest BCUT2D eigenvalue weighted by molar-refractivity contribution is -0.156. The molecule has 66 heavy (non-hydrogen) atoms. The number of carbonyl (C=O) groups excluding carboxylic acids is 8. The van der Waals surface area contributed by atoms with Gasteiger partial charge in [-0.05, 0) is 80.4 Å². The Morgan fingerprint density at radius 3 is 1.61 bits per heavy atom. The second-order valence-electron chi connectivity index (χ2n) is 16.1. The molecule has 0 unspecified atom stereocenters. The summed E-state index contributed by atoms with van der Waals surface area (Å²) >= 11 is 0. The first-order valence-electron chi connectivity index (χ1n) is 20.6. The minimum Gasteiger partial charge on any atom is -0.470 e. The van der Waals surface area contributed by atoms with Crippen molar-refractivity contribution in [3.05, 3.63) is 65.0 Å². The molecule has 3 heterocycles. The summed E-state index contributed by atoms with van der Waals surface area (Å²) in [4.78, 5) is 117. The molecule has 0 atom stereocenters. The Morgan fingerprint density at radius 1 is 0.667 bits per heavy atom. The summed E-state index contributed by atoms with van der Waals surface area (Å²) in [6.07, 6.45) is 5.38. The van der Waals surface area contributed by atoms with Crippen LogP contribution in [0, 0.1) is 6.57 Å². The number of ether oxygens (including phenoxy) is 4. The van der Waals surface area contributed by atoms with Gasteiger partial charge in [-0.25, -0.2) is 40.0 Å². The van der Waals surface area contributed by atoms with E-state index in [0.29, 0.717) is 23.5 Å². The van der Waals surface area contributed by atoms with E-state index in [4.69, 9.17) is 30.5 Å². The minimum absolute atomic E-state index is 0.00501. The minimum atomic E-state index is -1.01. The zero-order valence-corrected chi connectivity index (χ0v) is 39.1. The number of aromatic nitrogens is 4. The fraction of sp³-hybridized carbons (Fsp3) is 0.512. The summed E-state index contributed by atoms with van der Waals surface area (Å²) < 4.78 is 24.4. The summed E-state index contributed by atoms with van der Waals surface area (Å²) in [6, 6.07) is 2.86. The molecule has 0 fully saturated rings. The van der Waals surface area contributed by atoms with E-state index in [1.54, 1.807) is 92.5 Å². The summed E-state index contributed by atoms with van der Waals surface area (Å²) in [5.41, 5.74) is 5.25. The average molecular weight is 927 g/mol. The van der Waals surface area contributed by atoms with Gasteiger partial charge in [-0.2, -0.15) is 0 Å². The predicted octanol–water partition coefficient (Wildman–Crippen LogP) is 5.10. The Balaban J connectivity index is 0.000000454. The number of Topliss-reactive ketones (excluding diaryl/α,β-unsaturated/α-hetero) is 1. The third kappa shape index (κ3) is 19.9. The van der Waals surface area contributed by atoms with E-state index in [1.807, 2.05) is 0 Å². The summed E-state index contributed by atoms with van der Waals surface area (Å²) in [7, 11) is 4.86. The first-order chi connectivity index (χ1) is 30.9. The summed E-state index contributed by atoms with van der Waals surface area (Å²) in [5, 5.41) is 3.21.